The highest BCUT2D eigenvalue weighted by atomic mass is 19.1. The molecule has 0 spiro atoms. The predicted molar refractivity (Wildman–Crippen MR) is 46.7 cm³/mol. The molecule has 1 aromatic rings. The lowest BCUT2D eigenvalue weighted by Crippen LogP contribution is -2.28. The van der Waals surface area contributed by atoms with E-state index < -0.39 is 17.7 Å². The molecule has 4 heteroatoms. The van der Waals surface area contributed by atoms with Gasteiger partial charge in [-0.15, -0.1) is 0 Å². The Kier molecular flexibility index (Phi) is 3.33. The lowest BCUT2D eigenvalue weighted by molar-refractivity contribution is 0.466. The molecule has 1 atom stereocenters. The van der Waals surface area contributed by atoms with Crippen LogP contribution in [0.2, 0.25) is 0 Å². The largest absolute Gasteiger partial charge is 0.271 e. The molecule has 0 amide bonds. The van der Waals surface area contributed by atoms with E-state index in [9.17, 15) is 8.78 Å². The van der Waals surface area contributed by atoms with Gasteiger partial charge in [-0.05, 0) is 18.6 Å². The third kappa shape index (κ3) is 2.02. The van der Waals surface area contributed by atoms with Gasteiger partial charge in [0.25, 0.3) is 0 Å². The molecule has 2 nitrogen and oxygen atoms in total. The van der Waals surface area contributed by atoms with Gasteiger partial charge in [0.2, 0.25) is 0 Å². The molecule has 0 aromatic heterocycles. The third-order valence-corrected chi connectivity index (χ3v) is 1.96. The summed E-state index contributed by atoms with van der Waals surface area (Å²) in [7, 11) is 0. The van der Waals surface area contributed by atoms with E-state index in [1.54, 1.807) is 6.92 Å². The summed E-state index contributed by atoms with van der Waals surface area (Å²) >= 11 is 0. The quantitative estimate of drug-likeness (QED) is 0.558. The van der Waals surface area contributed by atoms with Crippen molar-refractivity contribution in [3.63, 3.8) is 0 Å². The summed E-state index contributed by atoms with van der Waals surface area (Å²) in [5.74, 6) is 4.04. The number of hydrogen-bond acceptors (Lipinski definition) is 2. The molecule has 0 fully saturated rings. The first kappa shape index (κ1) is 10.1. The molecule has 0 unspecified atom stereocenters. The summed E-state index contributed by atoms with van der Waals surface area (Å²) in [6.45, 7) is 1.80. The molecule has 0 bridgehead atoms. The highest BCUT2D eigenvalue weighted by Gasteiger charge is 2.16. The molecule has 0 saturated carbocycles. The molecule has 0 saturated heterocycles. The van der Waals surface area contributed by atoms with E-state index in [1.807, 2.05) is 0 Å². The monoisotopic (exact) mass is 186 g/mol. The van der Waals surface area contributed by atoms with Gasteiger partial charge in [0.15, 0.2) is 0 Å². The highest BCUT2D eigenvalue weighted by Crippen LogP contribution is 2.21. The number of nitrogens with two attached hydrogens (primary N) is 1. The Labute approximate surface area is 75.7 Å². The standard InChI is InChI=1S/C9H12F2N2/c1-2-8(13-12)9-6(10)4-3-5-7(9)11/h3-5,8,13H,2,12H2,1H3/t8-/m1/s1. The smallest absolute Gasteiger partial charge is 0.130 e. The molecule has 0 aliphatic rings. The van der Waals surface area contributed by atoms with Crippen LogP contribution < -0.4 is 11.3 Å². The van der Waals surface area contributed by atoms with Crippen LogP contribution in [0.15, 0.2) is 18.2 Å². The maximum absolute atomic E-state index is 13.1. The van der Waals surface area contributed by atoms with E-state index in [-0.39, 0.29) is 5.56 Å². The second-order valence-electron chi connectivity index (χ2n) is 2.76. The van der Waals surface area contributed by atoms with Crippen molar-refractivity contribution in [2.45, 2.75) is 19.4 Å². The van der Waals surface area contributed by atoms with E-state index in [1.165, 1.54) is 18.2 Å². The van der Waals surface area contributed by atoms with Gasteiger partial charge in [0, 0.05) is 5.56 Å². The van der Waals surface area contributed by atoms with Crippen molar-refractivity contribution < 1.29 is 8.78 Å². The van der Waals surface area contributed by atoms with Gasteiger partial charge in [-0.25, -0.2) is 8.78 Å². The molecule has 0 aliphatic carbocycles. The first-order valence-corrected chi connectivity index (χ1v) is 4.10. The molecule has 1 aromatic carbocycles. The van der Waals surface area contributed by atoms with Crippen LogP contribution in [0.1, 0.15) is 24.9 Å². The Morgan fingerprint density at radius 3 is 2.31 bits per heavy atom. The number of halogens is 2. The minimum atomic E-state index is -0.565. The van der Waals surface area contributed by atoms with Gasteiger partial charge in [-0.1, -0.05) is 13.0 Å². The van der Waals surface area contributed by atoms with Crippen molar-refractivity contribution in [1.29, 1.82) is 0 Å². The topological polar surface area (TPSA) is 38.0 Å². The molecule has 13 heavy (non-hydrogen) atoms. The summed E-state index contributed by atoms with van der Waals surface area (Å²) in [5, 5.41) is 0. The fourth-order valence-corrected chi connectivity index (χ4v) is 1.25. The van der Waals surface area contributed by atoms with Crippen LogP contribution in [0.4, 0.5) is 8.78 Å². The van der Waals surface area contributed by atoms with Crippen LogP contribution in [0.25, 0.3) is 0 Å². The van der Waals surface area contributed by atoms with Crippen LogP contribution in [0.3, 0.4) is 0 Å². The minimum Gasteiger partial charge on any atom is -0.271 e. The SMILES string of the molecule is CC[C@@H](NN)c1c(F)cccc1F. The number of rotatable bonds is 3. The molecule has 0 radical (unpaired) electrons. The molecular weight excluding hydrogens is 174 g/mol. The first-order chi connectivity index (χ1) is 6.20. The predicted octanol–water partition coefficient (Wildman–Crippen LogP) is 1.88. The molecule has 1 rings (SSSR count). The van der Waals surface area contributed by atoms with Crippen molar-refractivity contribution in [1.82, 2.24) is 5.43 Å². The van der Waals surface area contributed by atoms with E-state index in [4.69, 9.17) is 5.84 Å². The summed E-state index contributed by atoms with van der Waals surface area (Å²) in [4.78, 5) is 0. The Balaban J connectivity index is 3.10. The Morgan fingerprint density at radius 1 is 1.38 bits per heavy atom. The average Bonchev–Trinajstić information content (AvgIpc) is 2.11. The third-order valence-electron chi connectivity index (χ3n) is 1.96. The van der Waals surface area contributed by atoms with E-state index in [2.05, 4.69) is 5.43 Å². The molecule has 0 aliphatic heterocycles. The maximum Gasteiger partial charge on any atom is 0.130 e. The second kappa shape index (κ2) is 4.30. The molecule has 72 valence electrons. The van der Waals surface area contributed by atoms with Gasteiger partial charge in [0.05, 0.1) is 6.04 Å². The zero-order valence-corrected chi connectivity index (χ0v) is 7.35. The van der Waals surface area contributed by atoms with Gasteiger partial charge in [-0.3, -0.25) is 11.3 Å². The first-order valence-electron chi connectivity index (χ1n) is 4.10. The lowest BCUT2D eigenvalue weighted by Gasteiger charge is -2.15. The van der Waals surface area contributed by atoms with E-state index >= 15 is 0 Å². The summed E-state index contributed by atoms with van der Waals surface area (Å²) in [6, 6.07) is 3.30. The fourth-order valence-electron chi connectivity index (χ4n) is 1.25. The van der Waals surface area contributed by atoms with Gasteiger partial charge in [0.1, 0.15) is 11.6 Å². The summed E-state index contributed by atoms with van der Waals surface area (Å²) in [5.41, 5.74) is 2.38. The number of nitrogens with one attached hydrogen (secondary N) is 1. The van der Waals surface area contributed by atoms with Crippen LogP contribution in [0, 0.1) is 11.6 Å². The normalized spacial score (nSPS) is 12.9. The van der Waals surface area contributed by atoms with Crippen molar-refractivity contribution in [3.8, 4) is 0 Å². The van der Waals surface area contributed by atoms with Crippen molar-refractivity contribution in [3.05, 3.63) is 35.4 Å². The zero-order valence-electron chi connectivity index (χ0n) is 7.35. The van der Waals surface area contributed by atoms with E-state index in [0.29, 0.717) is 6.42 Å². The van der Waals surface area contributed by atoms with Crippen molar-refractivity contribution in [2.75, 3.05) is 0 Å². The van der Waals surface area contributed by atoms with Gasteiger partial charge < -0.3 is 0 Å². The average molecular weight is 186 g/mol. The summed E-state index contributed by atoms with van der Waals surface area (Å²) < 4.78 is 26.3. The number of benzene rings is 1. The van der Waals surface area contributed by atoms with E-state index in [0.717, 1.165) is 0 Å². The maximum atomic E-state index is 13.1. The van der Waals surface area contributed by atoms with Crippen molar-refractivity contribution >= 4 is 0 Å². The van der Waals surface area contributed by atoms with Gasteiger partial charge >= 0.3 is 0 Å². The molecule has 0 heterocycles. The zero-order chi connectivity index (χ0) is 9.84. The molecular formula is C9H12F2N2. The number of hydrogen-bond donors (Lipinski definition) is 2. The minimum absolute atomic E-state index is 0.00694. The lowest BCUT2D eigenvalue weighted by atomic mass is 10.0. The van der Waals surface area contributed by atoms with Crippen LogP contribution in [0.5, 0.6) is 0 Å². The second-order valence-corrected chi connectivity index (χ2v) is 2.76. The fraction of sp³-hybridized carbons (Fsp3) is 0.333. The van der Waals surface area contributed by atoms with Crippen LogP contribution in [-0.4, -0.2) is 0 Å². The van der Waals surface area contributed by atoms with Crippen LogP contribution >= 0.6 is 0 Å². The Bertz CT molecular complexity index is 265. The van der Waals surface area contributed by atoms with Crippen molar-refractivity contribution in [2.24, 2.45) is 5.84 Å². The summed E-state index contributed by atoms with van der Waals surface area (Å²) in [6.07, 6.45) is 0.536. The Hall–Kier alpha value is -1.00. The molecule has 3 N–H and O–H groups in total. The number of hydrazine groups is 1. The van der Waals surface area contributed by atoms with Gasteiger partial charge in [-0.2, -0.15) is 0 Å². The Morgan fingerprint density at radius 2 is 1.92 bits per heavy atom. The van der Waals surface area contributed by atoms with Crippen LogP contribution in [-0.2, 0) is 0 Å². The highest BCUT2D eigenvalue weighted by molar-refractivity contribution is 5.22.